The van der Waals surface area contributed by atoms with Crippen molar-refractivity contribution < 1.29 is 14.9 Å². The number of hydrogen-bond acceptors (Lipinski definition) is 5. The van der Waals surface area contributed by atoms with Gasteiger partial charge in [0.05, 0.1) is 5.69 Å². The highest BCUT2D eigenvalue weighted by Crippen LogP contribution is 2.34. The molecule has 0 aromatic heterocycles. The van der Waals surface area contributed by atoms with Crippen molar-refractivity contribution in [3.8, 4) is 23.0 Å². The zero-order valence-electron chi connectivity index (χ0n) is 8.92. The van der Waals surface area contributed by atoms with Gasteiger partial charge in [0.2, 0.25) is 0 Å². The Labute approximate surface area is 97.9 Å². The van der Waals surface area contributed by atoms with Crippen LogP contribution in [0.5, 0.6) is 23.0 Å². The van der Waals surface area contributed by atoms with Crippen molar-refractivity contribution in [2.24, 2.45) is 0 Å². The van der Waals surface area contributed by atoms with Crippen LogP contribution < -0.4 is 16.2 Å². The van der Waals surface area contributed by atoms with Crippen LogP contribution in [0.3, 0.4) is 0 Å². The van der Waals surface area contributed by atoms with E-state index < -0.39 is 0 Å². The molecule has 2 aromatic rings. The van der Waals surface area contributed by atoms with E-state index in [1.807, 2.05) is 0 Å². The maximum Gasteiger partial charge on any atom is 0.171 e. The molecule has 6 N–H and O–H groups in total. The lowest BCUT2D eigenvalue weighted by Crippen LogP contribution is -1.90. The molecule has 88 valence electrons. The summed E-state index contributed by atoms with van der Waals surface area (Å²) in [5.41, 5.74) is 11.8. The predicted molar refractivity (Wildman–Crippen MR) is 65.1 cm³/mol. The van der Waals surface area contributed by atoms with Gasteiger partial charge in [-0.1, -0.05) is 0 Å². The number of benzene rings is 2. The lowest BCUT2D eigenvalue weighted by Gasteiger charge is -2.09. The highest BCUT2D eigenvalue weighted by molar-refractivity contribution is 5.57. The molecule has 5 nitrogen and oxygen atoms in total. The molecular weight excluding hydrogens is 220 g/mol. The summed E-state index contributed by atoms with van der Waals surface area (Å²) >= 11 is 0. The summed E-state index contributed by atoms with van der Waals surface area (Å²) in [5.74, 6) is 0.466. The molecule has 0 aliphatic heterocycles. The number of anilines is 2. The van der Waals surface area contributed by atoms with E-state index >= 15 is 0 Å². The van der Waals surface area contributed by atoms with E-state index in [-0.39, 0.29) is 22.9 Å². The Morgan fingerprint density at radius 2 is 1.65 bits per heavy atom. The van der Waals surface area contributed by atoms with Crippen LogP contribution in [0.2, 0.25) is 0 Å². The molecule has 2 rings (SSSR count). The molecule has 0 saturated carbocycles. The Morgan fingerprint density at radius 3 is 2.35 bits per heavy atom. The van der Waals surface area contributed by atoms with E-state index in [1.54, 1.807) is 12.1 Å². The summed E-state index contributed by atoms with van der Waals surface area (Å²) in [7, 11) is 0. The summed E-state index contributed by atoms with van der Waals surface area (Å²) in [6, 6.07) is 8.93. The van der Waals surface area contributed by atoms with Gasteiger partial charge in [-0.2, -0.15) is 0 Å². The normalized spacial score (nSPS) is 10.1. The minimum absolute atomic E-state index is 0.0319. The van der Waals surface area contributed by atoms with Gasteiger partial charge in [0.15, 0.2) is 11.5 Å². The number of aromatic hydroxyl groups is 2. The van der Waals surface area contributed by atoms with E-state index in [0.29, 0.717) is 11.4 Å². The summed E-state index contributed by atoms with van der Waals surface area (Å²) in [4.78, 5) is 0. The van der Waals surface area contributed by atoms with Gasteiger partial charge in [-0.05, 0) is 24.3 Å². The summed E-state index contributed by atoms with van der Waals surface area (Å²) in [6.45, 7) is 0. The molecular formula is C12H12N2O3. The number of rotatable bonds is 2. The zero-order valence-corrected chi connectivity index (χ0v) is 8.92. The molecule has 0 unspecified atom stereocenters. The first-order valence-electron chi connectivity index (χ1n) is 4.91. The maximum absolute atomic E-state index is 9.55. The number of hydrogen-bond donors (Lipinski definition) is 4. The Morgan fingerprint density at radius 1 is 0.882 bits per heavy atom. The highest BCUT2D eigenvalue weighted by Gasteiger charge is 2.06. The van der Waals surface area contributed by atoms with Crippen molar-refractivity contribution in [3.05, 3.63) is 36.4 Å². The van der Waals surface area contributed by atoms with E-state index in [2.05, 4.69) is 0 Å². The number of ether oxygens (including phenoxy) is 1. The molecule has 0 heterocycles. The largest absolute Gasteiger partial charge is 0.506 e. The van der Waals surface area contributed by atoms with Gasteiger partial charge in [0, 0.05) is 17.8 Å². The lowest BCUT2D eigenvalue weighted by atomic mass is 10.2. The fourth-order valence-corrected chi connectivity index (χ4v) is 1.33. The van der Waals surface area contributed by atoms with Gasteiger partial charge in [-0.3, -0.25) is 0 Å². The summed E-state index contributed by atoms with van der Waals surface area (Å²) in [5, 5.41) is 19.0. The van der Waals surface area contributed by atoms with E-state index in [1.165, 1.54) is 24.3 Å². The van der Waals surface area contributed by atoms with Crippen LogP contribution in [0.25, 0.3) is 0 Å². The smallest absolute Gasteiger partial charge is 0.171 e. The first-order chi connectivity index (χ1) is 8.06. The number of phenolic OH excluding ortho intramolecular Hbond substituents is 2. The van der Waals surface area contributed by atoms with Crippen LogP contribution in [-0.4, -0.2) is 10.2 Å². The molecule has 0 saturated heterocycles. The highest BCUT2D eigenvalue weighted by atomic mass is 16.5. The minimum Gasteiger partial charge on any atom is -0.506 e. The molecule has 0 radical (unpaired) electrons. The van der Waals surface area contributed by atoms with E-state index in [9.17, 15) is 10.2 Å². The Kier molecular flexibility index (Phi) is 2.66. The minimum atomic E-state index is -0.0779. The molecule has 0 fully saturated rings. The SMILES string of the molecule is Nc1ccc(O)c(Oc2ccc(N)c(O)c2)c1. The van der Waals surface area contributed by atoms with Gasteiger partial charge in [-0.25, -0.2) is 0 Å². The van der Waals surface area contributed by atoms with Crippen molar-refractivity contribution in [1.82, 2.24) is 0 Å². The molecule has 0 atom stereocenters. The third kappa shape index (κ3) is 2.34. The third-order valence-electron chi connectivity index (χ3n) is 2.21. The van der Waals surface area contributed by atoms with Gasteiger partial charge in [0.1, 0.15) is 11.5 Å². The van der Waals surface area contributed by atoms with Gasteiger partial charge >= 0.3 is 0 Å². The van der Waals surface area contributed by atoms with Crippen molar-refractivity contribution in [1.29, 1.82) is 0 Å². The predicted octanol–water partition coefficient (Wildman–Crippen LogP) is 2.05. The van der Waals surface area contributed by atoms with Crippen molar-refractivity contribution >= 4 is 11.4 Å². The van der Waals surface area contributed by atoms with Crippen molar-refractivity contribution in [2.45, 2.75) is 0 Å². The second kappa shape index (κ2) is 4.13. The maximum atomic E-state index is 9.55. The van der Waals surface area contributed by atoms with E-state index in [4.69, 9.17) is 16.2 Å². The standard InChI is InChI=1S/C12H12N2O3/c13-7-1-4-10(15)12(5-7)17-8-2-3-9(14)11(16)6-8/h1-6,15-16H,13-14H2. The molecule has 17 heavy (non-hydrogen) atoms. The van der Waals surface area contributed by atoms with Crippen LogP contribution in [0.15, 0.2) is 36.4 Å². The Hall–Kier alpha value is -2.56. The van der Waals surface area contributed by atoms with Gasteiger partial charge in [-0.15, -0.1) is 0 Å². The van der Waals surface area contributed by atoms with Crippen LogP contribution in [0.4, 0.5) is 11.4 Å². The number of nitrogens with two attached hydrogens (primary N) is 2. The van der Waals surface area contributed by atoms with E-state index in [0.717, 1.165) is 0 Å². The Balaban J connectivity index is 2.31. The first kappa shape index (κ1) is 10.9. The number of phenols is 2. The average Bonchev–Trinajstić information content (AvgIpc) is 2.29. The second-order valence-electron chi connectivity index (χ2n) is 3.55. The monoisotopic (exact) mass is 232 g/mol. The van der Waals surface area contributed by atoms with Crippen molar-refractivity contribution in [3.63, 3.8) is 0 Å². The summed E-state index contributed by atoms with van der Waals surface area (Å²) in [6.07, 6.45) is 0. The molecule has 0 aliphatic rings. The molecule has 0 aliphatic carbocycles. The zero-order chi connectivity index (χ0) is 12.4. The fraction of sp³-hybridized carbons (Fsp3) is 0. The van der Waals surface area contributed by atoms with Gasteiger partial charge in [0.25, 0.3) is 0 Å². The third-order valence-corrected chi connectivity index (χ3v) is 2.21. The Bertz CT molecular complexity index is 555. The second-order valence-corrected chi connectivity index (χ2v) is 3.55. The number of nitrogen functional groups attached to an aromatic ring is 2. The quantitative estimate of drug-likeness (QED) is 0.360. The topological polar surface area (TPSA) is 102 Å². The summed E-state index contributed by atoms with van der Waals surface area (Å²) < 4.78 is 5.38. The van der Waals surface area contributed by atoms with Gasteiger partial charge < -0.3 is 26.4 Å². The van der Waals surface area contributed by atoms with Crippen LogP contribution in [0, 0.1) is 0 Å². The molecule has 0 amide bonds. The molecule has 0 spiro atoms. The lowest BCUT2D eigenvalue weighted by molar-refractivity contribution is 0.408. The van der Waals surface area contributed by atoms with Crippen LogP contribution >= 0.6 is 0 Å². The van der Waals surface area contributed by atoms with Crippen LogP contribution in [0.1, 0.15) is 0 Å². The molecule has 5 heteroatoms. The first-order valence-corrected chi connectivity index (χ1v) is 4.91. The van der Waals surface area contributed by atoms with Crippen LogP contribution in [-0.2, 0) is 0 Å². The average molecular weight is 232 g/mol. The fourth-order valence-electron chi connectivity index (χ4n) is 1.33. The molecule has 2 aromatic carbocycles. The molecule has 0 bridgehead atoms. The van der Waals surface area contributed by atoms with Crippen molar-refractivity contribution in [2.75, 3.05) is 11.5 Å².